The van der Waals surface area contributed by atoms with Crippen molar-refractivity contribution in [1.82, 2.24) is 4.90 Å². The van der Waals surface area contributed by atoms with E-state index in [0.717, 1.165) is 12.8 Å². The van der Waals surface area contributed by atoms with Gasteiger partial charge in [0.05, 0.1) is 19.1 Å². The second kappa shape index (κ2) is 3.51. The van der Waals surface area contributed by atoms with Crippen LogP contribution in [-0.4, -0.2) is 48.3 Å². The molecule has 0 radical (unpaired) electrons. The van der Waals surface area contributed by atoms with Crippen molar-refractivity contribution in [3.63, 3.8) is 0 Å². The van der Waals surface area contributed by atoms with Crippen LogP contribution in [0.3, 0.4) is 0 Å². The van der Waals surface area contributed by atoms with E-state index in [1.54, 1.807) is 0 Å². The van der Waals surface area contributed by atoms with Crippen LogP contribution < -0.4 is 0 Å². The second-order valence-corrected chi connectivity index (χ2v) is 4.32. The number of carbonyl (C=O) groups excluding carboxylic acids is 1. The highest BCUT2D eigenvalue weighted by molar-refractivity contribution is 5.74. The summed E-state index contributed by atoms with van der Waals surface area (Å²) in [5, 5.41) is 9.84. The lowest BCUT2D eigenvalue weighted by atomic mass is 9.88. The zero-order valence-corrected chi connectivity index (χ0v) is 8.64. The molecule has 1 N–H and O–H groups in total. The quantitative estimate of drug-likeness (QED) is 0.604. The van der Waals surface area contributed by atoms with Crippen molar-refractivity contribution in [1.29, 1.82) is 0 Å². The van der Waals surface area contributed by atoms with Crippen LogP contribution in [0.5, 0.6) is 0 Å². The van der Waals surface area contributed by atoms with E-state index < -0.39 is 6.10 Å². The Balaban J connectivity index is 2.18. The molecule has 4 atom stereocenters. The van der Waals surface area contributed by atoms with Gasteiger partial charge in [0.1, 0.15) is 0 Å². The zero-order valence-electron chi connectivity index (χ0n) is 8.64. The highest BCUT2D eigenvalue weighted by atomic mass is 16.5. The summed E-state index contributed by atoms with van der Waals surface area (Å²) in [5.41, 5.74) is 0. The monoisotopic (exact) mass is 199 g/mol. The number of piperidine rings is 1. The van der Waals surface area contributed by atoms with E-state index in [1.165, 1.54) is 7.11 Å². The smallest absolute Gasteiger partial charge is 0.312 e. The van der Waals surface area contributed by atoms with Gasteiger partial charge in [-0.2, -0.15) is 0 Å². The first-order valence-corrected chi connectivity index (χ1v) is 5.13. The molecule has 0 aromatic rings. The van der Waals surface area contributed by atoms with Gasteiger partial charge in [-0.1, -0.05) is 0 Å². The molecule has 4 heteroatoms. The number of methoxy groups -OCH3 is 1. The normalized spacial score (nSPS) is 42.5. The summed E-state index contributed by atoms with van der Waals surface area (Å²) in [4.78, 5) is 13.7. The van der Waals surface area contributed by atoms with E-state index in [2.05, 4.69) is 4.90 Å². The maximum absolute atomic E-state index is 11.5. The summed E-state index contributed by atoms with van der Waals surface area (Å²) in [6.07, 6.45) is 2.27. The van der Waals surface area contributed by atoms with Gasteiger partial charge in [0.15, 0.2) is 0 Å². The number of hydrogen-bond acceptors (Lipinski definition) is 4. The highest BCUT2D eigenvalue weighted by Gasteiger charge is 2.48. The summed E-state index contributed by atoms with van der Waals surface area (Å²) < 4.78 is 4.73. The molecule has 4 nitrogen and oxygen atoms in total. The third-order valence-corrected chi connectivity index (χ3v) is 3.71. The first-order valence-electron chi connectivity index (χ1n) is 5.13. The Morgan fingerprint density at radius 3 is 2.86 bits per heavy atom. The topological polar surface area (TPSA) is 49.8 Å². The van der Waals surface area contributed by atoms with Gasteiger partial charge in [-0.3, -0.25) is 9.69 Å². The maximum Gasteiger partial charge on any atom is 0.312 e. The summed E-state index contributed by atoms with van der Waals surface area (Å²) >= 11 is 0. The Bertz CT molecular complexity index is 244. The van der Waals surface area contributed by atoms with Crippen molar-refractivity contribution in [2.75, 3.05) is 14.2 Å². The Morgan fingerprint density at radius 1 is 1.50 bits per heavy atom. The molecule has 2 rings (SSSR count). The van der Waals surface area contributed by atoms with Crippen molar-refractivity contribution in [3.05, 3.63) is 0 Å². The third-order valence-electron chi connectivity index (χ3n) is 3.71. The van der Waals surface area contributed by atoms with E-state index in [0.29, 0.717) is 12.5 Å². The molecule has 0 unspecified atom stereocenters. The first-order chi connectivity index (χ1) is 6.65. The molecule has 2 saturated heterocycles. The van der Waals surface area contributed by atoms with Crippen LogP contribution in [0.25, 0.3) is 0 Å². The molecule has 0 amide bonds. The molecule has 2 heterocycles. The molecule has 2 fully saturated rings. The van der Waals surface area contributed by atoms with Crippen LogP contribution >= 0.6 is 0 Å². The van der Waals surface area contributed by atoms with Crippen molar-refractivity contribution in [2.45, 2.75) is 37.5 Å². The molecule has 0 aliphatic carbocycles. The predicted molar refractivity (Wildman–Crippen MR) is 50.7 cm³/mol. The van der Waals surface area contributed by atoms with E-state index in [9.17, 15) is 9.90 Å². The number of aliphatic hydroxyl groups excluding tert-OH is 1. The van der Waals surface area contributed by atoms with E-state index in [1.807, 2.05) is 7.05 Å². The maximum atomic E-state index is 11.5. The van der Waals surface area contributed by atoms with Gasteiger partial charge < -0.3 is 9.84 Å². The molecule has 14 heavy (non-hydrogen) atoms. The minimum absolute atomic E-state index is 0.177. The average molecular weight is 199 g/mol. The summed E-state index contributed by atoms with van der Waals surface area (Å²) in [6, 6.07) is 0.632. The Hall–Kier alpha value is -0.610. The summed E-state index contributed by atoms with van der Waals surface area (Å²) in [7, 11) is 3.42. The van der Waals surface area contributed by atoms with Crippen LogP contribution in [0.2, 0.25) is 0 Å². The molecule has 2 aliphatic heterocycles. The molecule has 0 spiro atoms. The molecule has 2 bridgehead atoms. The van der Waals surface area contributed by atoms with Gasteiger partial charge in [-0.05, 0) is 26.3 Å². The molecule has 80 valence electrons. The fourth-order valence-corrected chi connectivity index (χ4v) is 2.89. The first kappa shape index (κ1) is 9.93. The van der Waals surface area contributed by atoms with Crippen LogP contribution in [-0.2, 0) is 9.53 Å². The van der Waals surface area contributed by atoms with Crippen LogP contribution in [0.1, 0.15) is 19.3 Å². The number of carbonyl (C=O) groups is 1. The molecule has 0 aromatic carbocycles. The van der Waals surface area contributed by atoms with Gasteiger partial charge in [0, 0.05) is 12.1 Å². The number of rotatable bonds is 1. The third kappa shape index (κ3) is 1.33. The summed E-state index contributed by atoms with van der Waals surface area (Å²) in [5.74, 6) is -0.613. The molecular formula is C10H17NO3. The van der Waals surface area contributed by atoms with Gasteiger partial charge in [-0.15, -0.1) is 0 Å². The number of ether oxygens (including phenoxy) is 1. The summed E-state index contributed by atoms with van der Waals surface area (Å²) in [6.45, 7) is 0. The minimum atomic E-state index is -0.517. The lowest BCUT2D eigenvalue weighted by Gasteiger charge is -2.39. The number of fused-ring (bicyclic) bond motifs is 2. The number of aliphatic hydroxyl groups is 1. The fourth-order valence-electron chi connectivity index (χ4n) is 2.89. The molecule has 2 aliphatic rings. The van der Waals surface area contributed by atoms with Crippen LogP contribution in [0.15, 0.2) is 0 Å². The van der Waals surface area contributed by atoms with Crippen molar-refractivity contribution < 1.29 is 14.6 Å². The minimum Gasteiger partial charge on any atom is -0.469 e. The molecule has 0 aromatic heterocycles. The predicted octanol–water partition coefficient (Wildman–Crippen LogP) is 0.00300. The molecular weight excluding hydrogens is 182 g/mol. The highest BCUT2D eigenvalue weighted by Crippen LogP contribution is 2.38. The van der Waals surface area contributed by atoms with E-state index in [4.69, 9.17) is 4.74 Å². The van der Waals surface area contributed by atoms with E-state index >= 15 is 0 Å². The average Bonchev–Trinajstić information content (AvgIpc) is 2.42. The number of esters is 1. The van der Waals surface area contributed by atoms with Gasteiger partial charge in [0.25, 0.3) is 0 Å². The van der Waals surface area contributed by atoms with Crippen molar-refractivity contribution in [2.24, 2.45) is 5.92 Å². The van der Waals surface area contributed by atoms with Gasteiger partial charge in [-0.25, -0.2) is 0 Å². The Kier molecular flexibility index (Phi) is 2.49. The number of nitrogens with zero attached hydrogens (tertiary/aromatic N) is 1. The second-order valence-electron chi connectivity index (χ2n) is 4.32. The zero-order chi connectivity index (χ0) is 10.3. The van der Waals surface area contributed by atoms with Crippen LogP contribution in [0, 0.1) is 5.92 Å². The molecule has 0 saturated carbocycles. The van der Waals surface area contributed by atoms with E-state index in [-0.39, 0.29) is 17.9 Å². The fraction of sp³-hybridized carbons (Fsp3) is 0.900. The standard InChI is InChI=1S/C10H17NO3/c1-11-6-3-4-7(11)9(8(12)5-6)10(13)14-2/h6-9,12H,3-5H2,1-2H3/t6-,7+,8+,9-/m1/s1. The van der Waals surface area contributed by atoms with Gasteiger partial charge in [0.2, 0.25) is 0 Å². The lowest BCUT2D eigenvalue weighted by Crippen LogP contribution is -2.52. The number of hydrogen-bond donors (Lipinski definition) is 1. The van der Waals surface area contributed by atoms with Crippen molar-refractivity contribution >= 4 is 5.97 Å². The Morgan fingerprint density at radius 2 is 2.21 bits per heavy atom. The largest absolute Gasteiger partial charge is 0.469 e. The van der Waals surface area contributed by atoms with Crippen LogP contribution in [0.4, 0.5) is 0 Å². The Labute approximate surface area is 83.8 Å². The van der Waals surface area contributed by atoms with Gasteiger partial charge >= 0.3 is 5.97 Å². The lowest BCUT2D eigenvalue weighted by molar-refractivity contribution is -0.155. The van der Waals surface area contributed by atoms with Crippen molar-refractivity contribution in [3.8, 4) is 0 Å². The SMILES string of the molecule is COC(=O)[C@H]1[C@@H](O)C[C@H]2CC[C@@H]1N2C.